The van der Waals surface area contributed by atoms with Gasteiger partial charge in [0.2, 0.25) is 0 Å². The highest BCUT2D eigenvalue weighted by Crippen LogP contribution is 2.36. The zero-order chi connectivity index (χ0) is 28.1. The highest BCUT2D eigenvalue weighted by molar-refractivity contribution is 14.1. The molecule has 0 atom stereocenters. The molecule has 1 fully saturated rings. The lowest BCUT2D eigenvalue weighted by atomic mass is 10.1. The van der Waals surface area contributed by atoms with E-state index in [2.05, 4.69) is 32.6 Å². The number of urea groups is 1. The molecular weight excluding hydrogens is 622 g/mol. The second-order valence-corrected chi connectivity index (χ2v) is 9.34. The maximum atomic E-state index is 13.3. The number of carbonyl (C=O) groups is 4. The summed E-state index contributed by atoms with van der Waals surface area (Å²) in [4.78, 5) is 51.0. The molecule has 0 aromatic heterocycles. The van der Waals surface area contributed by atoms with Crippen LogP contribution in [0.4, 0.5) is 14.9 Å². The van der Waals surface area contributed by atoms with Gasteiger partial charge in [-0.15, -0.1) is 0 Å². The highest BCUT2D eigenvalue weighted by atomic mass is 127. The molecule has 0 aliphatic carbocycles. The summed E-state index contributed by atoms with van der Waals surface area (Å²) in [6.07, 6.45) is 1.36. The van der Waals surface area contributed by atoms with E-state index in [1.54, 1.807) is 31.2 Å². The number of imide groups is 2. The molecule has 3 aromatic rings. The predicted molar refractivity (Wildman–Crippen MR) is 148 cm³/mol. The highest BCUT2D eigenvalue weighted by Gasteiger charge is 2.37. The van der Waals surface area contributed by atoms with E-state index in [1.165, 1.54) is 49.6 Å². The molecule has 1 aliphatic heterocycles. The van der Waals surface area contributed by atoms with Crippen molar-refractivity contribution in [2.24, 2.45) is 0 Å². The normalized spacial score (nSPS) is 14.3. The summed E-state index contributed by atoms with van der Waals surface area (Å²) < 4.78 is 30.2. The standard InChI is InChI=1S/C28H22FIN2O7/c1-3-38-23-14-17(13-22(30)24(23)39-15-16-4-8-19(29)9-5-16)12-21-25(33)31-28(36)32(26(21)34)20-10-6-18(7-11-20)27(35)37-2/h4-14H,3,15H2,1-2H3,(H,31,33,36)/b21-12+. The molecule has 0 unspecified atom stereocenters. The molecule has 200 valence electrons. The number of nitrogens with zero attached hydrogens (tertiary/aromatic N) is 1. The Bertz CT molecular complexity index is 1470. The van der Waals surface area contributed by atoms with Crippen LogP contribution in [0.2, 0.25) is 0 Å². The number of hydrogen-bond acceptors (Lipinski definition) is 7. The number of benzene rings is 3. The molecule has 0 saturated carbocycles. The molecule has 1 heterocycles. The van der Waals surface area contributed by atoms with Crippen LogP contribution >= 0.6 is 22.6 Å². The zero-order valence-electron chi connectivity index (χ0n) is 20.8. The van der Waals surface area contributed by atoms with Crippen molar-refractivity contribution in [2.45, 2.75) is 13.5 Å². The van der Waals surface area contributed by atoms with E-state index >= 15 is 0 Å². The first kappa shape index (κ1) is 27.8. The van der Waals surface area contributed by atoms with E-state index in [0.29, 0.717) is 27.2 Å². The number of esters is 1. The number of amides is 4. The fourth-order valence-electron chi connectivity index (χ4n) is 3.73. The van der Waals surface area contributed by atoms with Crippen LogP contribution in [-0.4, -0.2) is 37.5 Å². The molecule has 0 spiro atoms. The SMILES string of the molecule is CCOc1cc(/C=C2\C(=O)NC(=O)N(c3ccc(C(=O)OC)cc3)C2=O)cc(I)c1OCc1ccc(F)cc1. The van der Waals surface area contributed by atoms with Crippen LogP contribution in [-0.2, 0) is 20.9 Å². The third-order valence-corrected chi connectivity index (χ3v) is 6.39. The van der Waals surface area contributed by atoms with Crippen molar-refractivity contribution >= 4 is 58.2 Å². The summed E-state index contributed by atoms with van der Waals surface area (Å²) in [5, 5.41) is 2.17. The number of methoxy groups -OCH3 is 1. The van der Waals surface area contributed by atoms with E-state index in [4.69, 9.17) is 9.47 Å². The largest absolute Gasteiger partial charge is 0.490 e. The van der Waals surface area contributed by atoms with Gasteiger partial charge in [0, 0.05) is 0 Å². The fourth-order valence-corrected chi connectivity index (χ4v) is 4.51. The van der Waals surface area contributed by atoms with Crippen LogP contribution < -0.4 is 19.7 Å². The minimum atomic E-state index is -0.915. The number of ether oxygens (including phenoxy) is 3. The molecule has 1 N–H and O–H groups in total. The Labute approximate surface area is 236 Å². The molecule has 4 amide bonds. The van der Waals surface area contributed by atoms with Crippen molar-refractivity contribution in [3.05, 3.63) is 92.3 Å². The van der Waals surface area contributed by atoms with E-state index < -0.39 is 23.8 Å². The Morgan fingerprint density at radius 1 is 1.03 bits per heavy atom. The number of halogens is 2. The van der Waals surface area contributed by atoms with Gasteiger partial charge in [-0.25, -0.2) is 18.9 Å². The smallest absolute Gasteiger partial charge is 0.337 e. The summed E-state index contributed by atoms with van der Waals surface area (Å²) >= 11 is 2.05. The number of carbonyl (C=O) groups excluding carboxylic acids is 4. The maximum Gasteiger partial charge on any atom is 0.337 e. The van der Waals surface area contributed by atoms with Crippen molar-refractivity contribution in [1.82, 2.24) is 5.32 Å². The van der Waals surface area contributed by atoms with Gasteiger partial charge in [0.1, 0.15) is 18.0 Å². The third kappa shape index (κ3) is 6.25. The average Bonchev–Trinajstić information content (AvgIpc) is 2.91. The summed E-state index contributed by atoms with van der Waals surface area (Å²) in [7, 11) is 1.24. The van der Waals surface area contributed by atoms with E-state index in [1.807, 2.05) is 0 Å². The number of hydrogen-bond donors (Lipinski definition) is 1. The van der Waals surface area contributed by atoms with Crippen molar-refractivity contribution in [1.29, 1.82) is 0 Å². The Morgan fingerprint density at radius 2 is 1.72 bits per heavy atom. The molecule has 0 radical (unpaired) electrons. The van der Waals surface area contributed by atoms with Crippen LogP contribution in [0.1, 0.15) is 28.4 Å². The molecule has 9 nitrogen and oxygen atoms in total. The minimum Gasteiger partial charge on any atom is -0.490 e. The Morgan fingerprint density at radius 3 is 2.36 bits per heavy atom. The van der Waals surface area contributed by atoms with Gasteiger partial charge in [0.15, 0.2) is 11.5 Å². The number of nitrogens with one attached hydrogen (secondary N) is 1. The van der Waals surface area contributed by atoms with Gasteiger partial charge in [-0.05, 0) is 95.2 Å². The summed E-state index contributed by atoms with van der Waals surface area (Å²) in [5.74, 6) is -1.77. The predicted octanol–water partition coefficient (Wildman–Crippen LogP) is 4.86. The Balaban J connectivity index is 1.63. The molecule has 39 heavy (non-hydrogen) atoms. The summed E-state index contributed by atoms with van der Waals surface area (Å²) in [5.41, 5.74) is 1.35. The number of anilines is 1. The molecule has 11 heteroatoms. The lowest BCUT2D eigenvalue weighted by molar-refractivity contribution is -0.122. The molecule has 4 rings (SSSR count). The minimum absolute atomic E-state index is 0.165. The monoisotopic (exact) mass is 644 g/mol. The maximum absolute atomic E-state index is 13.3. The zero-order valence-corrected chi connectivity index (χ0v) is 23.0. The lowest BCUT2D eigenvalue weighted by Gasteiger charge is -2.26. The first-order valence-electron chi connectivity index (χ1n) is 11.6. The second kappa shape index (κ2) is 12.1. The fraction of sp³-hybridized carbons (Fsp3) is 0.143. The second-order valence-electron chi connectivity index (χ2n) is 8.17. The van der Waals surface area contributed by atoms with Crippen LogP contribution in [0.3, 0.4) is 0 Å². The quantitative estimate of drug-likeness (QED) is 0.161. The van der Waals surface area contributed by atoms with Crippen molar-refractivity contribution < 1.29 is 37.8 Å². The van der Waals surface area contributed by atoms with Crippen molar-refractivity contribution in [3.8, 4) is 11.5 Å². The van der Waals surface area contributed by atoms with Gasteiger partial charge in [-0.2, -0.15) is 0 Å². The van der Waals surface area contributed by atoms with Gasteiger partial charge < -0.3 is 14.2 Å². The first-order chi connectivity index (χ1) is 18.7. The van der Waals surface area contributed by atoms with Crippen LogP contribution in [0, 0.1) is 9.39 Å². The van der Waals surface area contributed by atoms with Crippen molar-refractivity contribution in [3.63, 3.8) is 0 Å². The topological polar surface area (TPSA) is 111 Å². The van der Waals surface area contributed by atoms with E-state index in [0.717, 1.165) is 10.5 Å². The van der Waals surface area contributed by atoms with Gasteiger partial charge in [0.05, 0.1) is 28.5 Å². The number of rotatable bonds is 8. The van der Waals surface area contributed by atoms with E-state index in [-0.39, 0.29) is 29.2 Å². The number of barbiturate groups is 1. The Hall–Kier alpha value is -4.26. The van der Waals surface area contributed by atoms with Gasteiger partial charge in [0.25, 0.3) is 11.8 Å². The van der Waals surface area contributed by atoms with E-state index in [9.17, 15) is 23.6 Å². The molecule has 1 aliphatic rings. The van der Waals surface area contributed by atoms with Crippen molar-refractivity contribution in [2.75, 3.05) is 18.6 Å². The van der Waals surface area contributed by atoms with Crippen LogP contribution in [0.5, 0.6) is 11.5 Å². The molecule has 3 aromatic carbocycles. The van der Waals surface area contributed by atoms with Gasteiger partial charge >= 0.3 is 12.0 Å². The molecular formula is C28H22FIN2O7. The van der Waals surface area contributed by atoms with Gasteiger partial charge in [-0.1, -0.05) is 12.1 Å². The average molecular weight is 644 g/mol. The lowest BCUT2D eigenvalue weighted by Crippen LogP contribution is -2.54. The third-order valence-electron chi connectivity index (χ3n) is 5.59. The summed E-state index contributed by atoms with van der Waals surface area (Å²) in [6, 6.07) is 13.9. The van der Waals surface area contributed by atoms with Crippen LogP contribution in [0.15, 0.2) is 66.2 Å². The van der Waals surface area contributed by atoms with Gasteiger partial charge in [-0.3, -0.25) is 14.9 Å². The molecule has 0 bridgehead atoms. The summed E-state index contributed by atoms with van der Waals surface area (Å²) in [6.45, 7) is 2.30. The first-order valence-corrected chi connectivity index (χ1v) is 12.7. The van der Waals surface area contributed by atoms with Crippen LogP contribution in [0.25, 0.3) is 6.08 Å². The molecule has 1 saturated heterocycles. The Kier molecular flexibility index (Phi) is 8.59.